The van der Waals surface area contributed by atoms with Gasteiger partial charge in [0.25, 0.3) is 11.6 Å². The zero-order valence-electron chi connectivity index (χ0n) is 15.9. The van der Waals surface area contributed by atoms with Crippen molar-refractivity contribution >= 4 is 28.6 Å². The molecule has 0 saturated carbocycles. The van der Waals surface area contributed by atoms with E-state index < -0.39 is 10.8 Å². The Labute approximate surface area is 175 Å². The first-order valence-electron chi connectivity index (χ1n) is 9.02. The highest BCUT2D eigenvalue weighted by Crippen LogP contribution is 2.25. The van der Waals surface area contributed by atoms with E-state index in [4.69, 9.17) is 4.52 Å². The molecule has 0 aliphatic carbocycles. The van der Waals surface area contributed by atoms with Gasteiger partial charge in [0.2, 0.25) is 11.7 Å². The van der Waals surface area contributed by atoms with E-state index in [1.54, 1.807) is 25.1 Å². The minimum absolute atomic E-state index is 0.0945. The van der Waals surface area contributed by atoms with Crippen molar-refractivity contribution in [3.63, 3.8) is 0 Å². The molecule has 1 amide bonds. The number of carbonyl (C=O) groups is 1. The largest absolute Gasteiger partial charge is 0.339 e. The molecular weight excluding hydrogens is 404 g/mol. The summed E-state index contributed by atoms with van der Waals surface area (Å²) in [6.45, 7) is 1.56. The predicted molar refractivity (Wildman–Crippen MR) is 113 cm³/mol. The third-order valence-corrected chi connectivity index (χ3v) is 5.43. The minimum atomic E-state index is -0.499. The number of hydrogen-bond acceptors (Lipinski definition) is 7. The number of amides is 1. The number of nitro benzene ring substituents is 1. The number of aromatic nitrogens is 2. The van der Waals surface area contributed by atoms with Crippen LogP contribution in [-0.4, -0.2) is 21.0 Å². The lowest BCUT2D eigenvalue weighted by molar-refractivity contribution is -0.385. The van der Waals surface area contributed by atoms with E-state index in [1.807, 2.05) is 29.6 Å². The molecule has 9 heteroatoms. The zero-order valence-corrected chi connectivity index (χ0v) is 16.7. The number of para-hydroxylation sites is 1. The van der Waals surface area contributed by atoms with Gasteiger partial charge in [-0.2, -0.15) is 4.98 Å². The summed E-state index contributed by atoms with van der Waals surface area (Å²) < 4.78 is 5.36. The number of rotatable bonds is 6. The van der Waals surface area contributed by atoms with Crippen LogP contribution < -0.4 is 5.32 Å². The Bertz CT molecular complexity index is 1220. The molecule has 2 heterocycles. The molecule has 0 saturated heterocycles. The van der Waals surface area contributed by atoms with E-state index in [1.165, 1.54) is 23.5 Å². The van der Waals surface area contributed by atoms with Gasteiger partial charge in [-0.15, -0.1) is 11.3 Å². The molecule has 4 rings (SSSR count). The van der Waals surface area contributed by atoms with Crippen LogP contribution in [0.4, 0.5) is 11.4 Å². The normalized spacial score (nSPS) is 10.7. The van der Waals surface area contributed by atoms with E-state index in [9.17, 15) is 14.9 Å². The second kappa shape index (κ2) is 8.26. The molecule has 150 valence electrons. The maximum Gasteiger partial charge on any atom is 0.273 e. The van der Waals surface area contributed by atoms with Crippen LogP contribution >= 0.6 is 11.3 Å². The highest BCUT2D eigenvalue weighted by molar-refractivity contribution is 7.13. The molecule has 0 atom stereocenters. The summed E-state index contributed by atoms with van der Waals surface area (Å²) in [6.07, 6.45) is 0.336. The molecule has 2 aromatic carbocycles. The van der Waals surface area contributed by atoms with Gasteiger partial charge < -0.3 is 9.84 Å². The number of anilines is 1. The maximum atomic E-state index is 12.8. The lowest BCUT2D eigenvalue weighted by Crippen LogP contribution is -2.15. The van der Waals surface area contributed by atoms with Crippen LogP contribution in [0.25, 0.3) is 10.7 Å². The Morgan fingerprint density at radius 2 is 2.00 bits per heavy atom. The third kappa shape index (κ3) is 3.96. The number of nitro groups is 1. The third-order valence-electron chi connectivity index (χ3n) is 4.56. The van der Waals surface area contributed by atoms with Crippen molar-refractivity contribution in [3.05, 3.63) is 92.7 Å². The summed E-state index contributed by atoms with van der Waals surface area (Å²) in [4.78, 5) is 28.8. The number of carbonyl (C=O) groups excluding carboxylic acids is 1. The lowest BCUT2D eigenvalue weighted by atomic mass is 10.1. The van der Waals surface area contributed by atoms with Crippen LogP contribution in [0.15, 0.2) is 64.5 Å². The van der Waals surface area contributed by atoms with Gasteiger partial charge in [0.05, 0.1) is 16.2 Å². The van der Waals surface area contributed by atoms with Gasteiger partial charge in [0.1, 0.15) is 0 Å². The van der Waals surface area contributed by atoms with Crippen LogP contribution in [-0.2, 0) is 6.42 Å². The molecule has 0 radical (unpaired) electrons. The number of benzene rings is 2. The number of nitrogens with zero attached hydrogens (tertiary/aromatic N) is 3. The molecule has 1 N–H and O–H groups in total. The molecule has 0 aliphatic heterocycles. The van der Waals surface area contributed by atoms with Crippen LogP contribution in [0.5, 0.6) is 0 Å². The van der Waals surface area contributed by atoms with E-state index in [-0.39, 0.29) is 11.3 Å². The Morgan fingerprint density at radius 1 is 1.17 bits per heavy atom. The molecule has 0 fully saturated rings. The second-order valence-corrected chi connectivity index (χ2v) is 7.43. The highest BCUT2D eigenvalue weighted by atomic mass is 32.1. The Morgan fingerprint density at radius 3 is 2.77 bits per heavy atom. The first kappa shape index (κ1) is 19.5. The number of hydrogen-bond donors (Lipinski definition) is 1. The monoisotopic (exact) mass is 420 g/mol. The summed E-state index contributed by atoms with van der Waals surface area (Å²) in [5.41, 5.74) is 1.83. The van der Waals surface area contributed by atoms with Gasteiger partial charge in [-0.25, -0.2) is 0 Å². The Balaban J connectivity index is 1.56. The summed E-state index contributed by atoms with van der Waals surface area (Å²) in [5.74, 6) is 0.522. The van der Waals surface area contributed by atoms with Gasteiger partial charge in [0, 0.05) is 22.9 Å². The average Bonchev–Trinajstić information content (AvgIpc) is 3.41. The van der Waals surface area contributed by atoms with Crippen molar-refractivity contribution in [1.29, 1.82) is 0 Å². The number of thiophene rings is 1. The van der Waals surface area contributed by atoms with Crippen LogP contribution in [0.3, 0.4) is 0 Å². The molecule has 0 unspecified atom stereocenters. The SMILES string of the molecule is Cc1c(C(=O)Nc2ccccc2Cc2nc(-c3cccs3)no2)cccc1[N+](=O)[O-]. The van der Waals surface area contributed by atoms with Crippen molar-refractivity contribution in [2.45, 2.75) is 13.3 Å². The van der Waals surface area contributed by atoms with Gasteiger partial charge in [-0.05, 0) is 36.1 Å². The first-order chi connectivity index (χ1) is 14.5. The molecule has 2 aromatic heterocycles. The maximum absolute atomic E-state index is 12.8. The summed E-state index contributed by atoms with van der Waals surface area (Å²) >= 11 is 1.52. The van der Waals surface area contributed by atoms with Crippen LogP contribution in [0.2, 0.25) is 0 Å². The van der Waals surface area contributed by atoms with Gasteiger partial charge in [0.15, 0.2) is 0 Å². The van der Waals surface area contributed by atoms with E-state index in [0.717, 1.165) is 10.4 Å². The fraction of sp³-hybridized carbons (Fsp3) is 0.0952. The summed E-state index contributed by atoms with van der Waals surface area (Å²) in [7, 11) is 0. The second-order valence-electron chi connectivity index (χ2n) is 6.48. The lowest BCUT2D eigenvalue weighted by Gasteiger charge is -2.11. The fourth-order valence-electron chi connectivity index (χ4n) is 3.05. The van der Waals surface area contributed by atoms with Crippen LogP contribution in [0, 0.1) is 17.0 Å². The molecule has 0 bridgehead atoms. The van der Waals surface area contributed by atoms with Crippen molar-refractivity contribution < 1.29 is 14.2 Å². The molecule has 8 nitrogen and oxygen atoms in total. The van der Waals surface area contributed by atoms with Gasteiger partial charge in [-0.3, -0.25) is 14.9 Å². The summed E-state index contributed by atoms with van der Waals surface area (Å²) in [6, 6.07) is 15.5. The zero-order chi connectivity index (χ0) is 21.1. The minimum Gasteiger partial charge on any atom is -0.339 e. The standard InChI is InChI=1S/C21H16N4O4S/c1-13-15(7-4-9-17(13)25(27)28)21(26)22-16-8-3-2-6-14(16)12-19-23-20(24-29-19)18-10-5-11-30-18/h2-11H,12H2,1H3,(H,22,26). The van der Waals surface area contributed by atoms with Gasteiger partial charge in [-0.1, -0.05) is 35.5 Å². The smallest absolute Gasteiger partial charge is 0.273 e. The topological polar surface area (TPSA) is 111 Å². The van der Waals surface area contributed by atoms with Crippen molar-refractivity contribution in [2.75, 3.05) is 5.32 Å². The highest BCUT2D eigenvalue weighted by Gasteiger charge is 2.19. The molecule has 4 aromatic rings. The average molecular weight is 420 g/mol. The quantitative estimate of drug-likeness (QED) is 0.352. The first-order valence-corrected chi connectivity index (χ1v) is 9.90. The van der Waals surface area contributed by atoms with E-state index >= 15 is 0 Å². The molecular formula is C21H16N4O4S. The predicted octanol–water partition coefficient (Wildman–Crippen LogP) is 4.86. The van der Waals surface area contributed by atoms with Crippen molar-refractivity contribution in [2.24, 2.45) is 0 Å². The summed E-state index contributed by atoms with van der Waals surface area (Å²) in [5, 5.41) is 19.9. The van der Waals surface area contributed by atoms with E-state index in [2.05, 4.69) is 15.5 Å². The fourth-order valence-corrected chi connectivity index (χ4v) is 3.70. The van der Waals surface area contributed by atoms with Crippen LogP contribution in [0.1, 0.15) is 27.4 Å². The molecule has 30 heavy (non-hydrogen) atoms. The van der Waals surface area contributed by atoms with E-state index in [0.29, 0.717) is 29.4 Å². The van der Waals surface area contributed by atoms with Gasteiger partial charge >= 0.3 is 0 Å². The van der Waals surface area contributed by atoms with Crippen molar-refractivity contribution in [3.8, 4) is 10.7 Å². The molecule has 0 aliphatic rings. The van der Waals surface area contributed by atoms with Crippen molar-refractivity contribution in [1.82, 2.24) is 10.1 Å². The number of nitrogens with one attached hydrogen (secondary N) is 1. The Kier molecular flexibility index (Phi) is 5.36. The molecule has 0 spiro atoms. The Hall–Kier alpha value is -3.85.